The lowest BCUT2D eigenvalue weighted by molar-refractivity contribution is 0.549. The van der Waals surface area contributed by atoms with Gasteiger partial charge in [-0.3, -0.25) is 0 Å². The van der Waals surface area contributed by atoms with Crippen molar-refractivity contribution in [2.45, 2.75) is 0 Å². The van der Waals surface area contributed by atoms with Crippen LogP contribution in [0.5, 0.6) is 0 Å². The van der Waals surface area contributed by atoms with Gasteiger partial charge in [-0.05, 0) is 6.07 Å². The summed E-state index contributed by atoms with van der Waals surface area (Å²) < 4.78 is 0. The van der Waals surface area contributed by atoms with Crippen LogP contribution in [-0.2, 0) is 0 Å². The van der Waals surface area contributed by atoms with Crippen molar-refractivity contribution in [3.05, 3.63) is 24.3 Å². The van der Waals surface area contributed by atoms with Crippen LogP contribution in [-0.4, -0.2) is 25.1 Å². The first-order valence-electron chi connectivity index (χ1n) is 3.78. The third-order valence-corrected chi connectivity index (χ3v) is 1.82. The summed E-state index contributed by atoms with van der Waals surface area (Å²) in [6.45, 7) is 0. The average Bonchev–Trinajstić information content (AvgIpc) is 2.46. The quantitative estimate of drug-likeness (QED) is 0.323. The summed E-state index contributed by atoms with van der Waals surface area (Å²) in [5.41, 5.74) is 2.92. The van der Waals surface area contributed by atoms with Gasteiger partial charge in [0, 0.05) is 7.05 Å². The second-order valence-electron chi connectivity index (χ2n) is 2.78. The fraction of sp³-hybridized carbons (Fsp3) is 0.125. The van der Waals surface area contributed by atoms with Crippen molar-refractivity contribution >= 4 is 24.2 Å². The van der Waals surface area contributed by atoms with Gasteiger partial charge < -0.3 is 5.01 Å². The average molecular weight is 158 g/mol. The Labute approximate surface area is 72.1 Å². The molecule has 3 nitrogen and oxygen atoms in total. The van der Waals surface area contributed by atoms with Crippen LogP contribution in [0.3, 0.4) is 0 Å². The number of hydrogen-bond donors (Lipinski definition) is 1. The minimum atomic E-state index is 0.802. The molecule has 1 aromatic carbocycles. The number of nitrogens with zero attached hydrogens (tertiary/aromatic N) is 2. The van der Waals surface area contributed by atoms with Crippen LogP contribution in [0.15, 0.2) is 29.3 Å². The van der Waals surface area contributed by atoms with E-state index >= 15 is 0 Å². The fourth-order valence-corrected chi connectivity index (χ4v) is 1.19. The third-order valence-electron chi connectivity index (χ3n) is 1.82. The molecule has 0 bridgehead atoms. The van der Waals surface area contributed by atoms with Gasteiger partial charge in [-0.1, -0.05) is 23.7 Å². The monoisotopic (exact) mass is 158 g/mol. The number of nitrogens with two attached hydrogens (primary N) is 1. The highest BCUT2D eigenvalue weighted by Gasteiger charge is 2.16. The molecule has 0 atom stereocenters. The molecule has 1 aromatic rings. The Morgan fingerprint density at radius 1 is 1.42 bits per heavy atom. The zero-order chi connectivity index (χ0) is 8.55. The minimum absolute atomic E-state index is 0.802. The molecule has 1 aliphatic heterocycles. The second kappa shape index (κ2) is 2.64. The number of para-hydroxylation sites is 1. The summed E-state index contributed by atoms with van der Waals surface area (Å²) >= 11 is 0. The highest BCUT2D eigenvalue weighted by Crippen LogP contribution is 2.12. The van der Waals surface area contributed by atoms with E-state index < -0.39 is 0 Å². The van der Waals surface area contributed by atoms with Gasteiger partial charge in [0.15, 0.2) is 0 Å². The molecule has 1 heterocycles. The van der Waals surface area contributed by atoms with Crippen molar-refractivity contribution in [1.29, 1.82) is 0 Å². The third kappa shape index (κ3) is 1.10. The number of fused-ring (bicyclic) bond motifs is 1. The van der Waals surface area contributed by atoms with E-state index in [0.717, 1.165) is 16.9 Å². The van der Waals surface area contributed by atoms with Gasteiger partial charge in [0.2, 0.25) is 7.28 Å². The summed E-state index contributed by atoms with van der Waals surface area (Å²) in [4.78, 5) is 4.31. The maximum absolute atomic E-state index is 5.55. The van der Waals surface area contributed by atoms with Crippen LogP contribution in [0.4, 0.5) is 5.69 Å². The van der Waals surface area contributed by atoms with E-state index in [-0.39, 0.29) is 0 Å². The highest BCUT2D eigenvalue weighted by molar-refractivity contribution is 6.87. The van der Waals surface area contributed by atoms with E-state index in [0.29, 0.717) is 0 Å². The Morgan fingerprint density at radius 3 is 2.83 bits per heavy atom. The van der Waals surface area contributed by atoms with Crippen LogP contribution in [0.25, 0.3) is 0 Å². The van der Waals surface area contributed by atoms with E-state index in [9.17, 15) is 0 Å². The number of hydrazine groups is 1. The molecule has 12 heavy (non-hydrogen) atoms. The second-order valence-corrected chi connectivity index (χ2v) is 2.78. The molecule has 2 rings (SSSR count). The van der Waals surface area contributed by atoms with E-state index in [1.807, 2.05) is 31.5 Å². The number of benzene rings is 1. The first kappa shape index (κ1) is 7.37. The van der Waals surface area contributed by atoms with Crippen molar-refractivity contribution in [2.75, 3.05) is 7.05 Å². The normalized spacial score (nSPS) is 13.3. The molecular weight excluding hydrogens is 149 g/mol. The lowest BCUT2D eigenvalue weighted by Crippen LogP contribution is -2.38. The SMILES string of the molecule is CN(N)C1=Nc2ccccc2[B]1. The molecule has 4 heteroatoms. The molecule has 0 spiro atoms. The lowest BCUT2D eigenvalue weighted by Gasteiger charge is -2.09. The summed E-state index contributed by atoms with van der Waals surface area (Å²) in [6.07, 6.45) is 0. The predicted molar refractivity (Wildman–Crippen MR) is 50.9 cm³/mol. The van der Waals surface area contributed by atoms with E-state index in [2.05, 4.69) is 4.99 Å². The molecule has 0 aromatic heterocycles. The Morgan fingerprint density at radius 2 is 2.17 bits per heavy atom. The fourth-order valence-electron chi connectivity index (χ4n) is 1.19. The van der Waals surface area contributed by atoms with Crippen LogP contribution < -0.4 is 11.3 Å². The zero-order valence-corrected chi connectivity index (χ0v) is 6.86. The number of amidine groups is 1. The standard InChI is InChI=1S/C8H9BN3/c1-12(10)8-9-6-4-2-3-5-7(6)11-8/h2-5H,10H2,1H3. The summed E-state index contributed by atoms with van der Waals surface area (Å²) in [5, 5.41) is 1.51. The Balaban J connectivity index is 2.35. The first-order chi connectivity index (χ1) is 5.77. The first-order valence-corrected chi connectivity index (χ1v) is 3.78. The molecule has 2 N–H and O–H groups in total. The molecule has 0 fully saturated rings. The summed E-state index contributed by atoms with van der Waals surface area (Å²) in [7, 11) is 3.75. The van der Waals surface area contributed by atoms with Crippen molar-refractivity contribution in [1.82, 2.24) is 5.01 Å². The minimum Gasteiger partial charge on any atom is -0.310 e. The van der Waals surface area contributed by atoms with Crippen molar-refractivity contribution in [3.63, 3.8) is 0 Å². The van der Waals surface area contributed by atoms with Crippen LogP contribution >= 0.6 is 0 Å². The van der Waals surface area contributed by atoms with Gasteiger partial charge in [-0.2, -0.15) is 0 Å². The molecular formula is C8H9BN3. The van der Waals surface area contributed by atoms with E-state index in [1.165, 1.54) is 5.01 Å². The van der Waals surface area contributed by atoms with Crippen LogP contribution in [0, 0.1) is 0 Å². The summed E-state index contributed by atoms with van der Waals surface area (Å²) in [6, 6.07) is 7.96. The van der Waals surface area contributed by atoms with Gasteiger partial charge in [0.25, 0.3) is 0 Å². The molecule has 0 saturated heterocycles. The number of hydrogen-bond acceptors (Lipinski definition) is 3. The maximum atomic E-state index is 5.55. The molecule has 1 radical (unpaired) electrons. The van der Waals surface area contributed by atoms with Gasteiger partial charge in [0.05, 0.1) is 11.4 Å². The number of rotatable bonds is 0. The van der Waals surface area contributed by atoms with Crippen molar-refractivity contribution < 1.29 is 0 Å². The van der Waals surface area contributed by atoms with Gasteiger partial charge in [-0.15, -0.1) is 0 Å². The lowest BCUT2D eigenvalue weighted by atomic mass is 9.70. The predicted octanol–water partition coefficient (Wildman–Crippen LogP) is -0.177. The van der Waals surface area contributed by atoms with E-state index in [1.54, 1.807) is 7.05 Å². The smallest absolute Gasteiger partial charge is 0.244 e. The maximum Gasteiger partial charge on any atom is 0.244 e. The molecule has 59 valence electrons. The van der Waals surface area contributed by atoms with E-state index in [4.69, 9.17) is 5.84 Å². The van der Waals surface area contributed by atoms with Crippen molar-refractivity contribution in [2.24, 2.45) is 10.8 Å². The Bertz CT molecular complexity index is 333. The molecule has 0 saturated carbocycles. The molecule has 0 amide bonds. The molecule has 0 unspecified atom stereocenters. The highest BCUT2D eigenvalue weighted by atomic mass is 15.4. The van der Waals surface area contributed by atoms with Crippen molar-refractivity contribution in [3.8, 4) is 0 Å². The Hall–Kier alpha value is -1.29. The van der Waals surface area contributed by atoms with Gasteiger partial charge in [0.1, 0.15) is 0 Å². The van der Waals surface area contributed by atoms with Gasteiger partial charge >= 0.3 is 0 Å². The summed E-state index contributed by atoms with van der Waals surface area (Å²) in [5.74, 6) is 5.55. The largest absolute Gasteiger partial charge is 0.310 e. The molecule has 1 aliphatic rings. The van der Waals surface area contributed by atoms with Gasteiger partial charge in [-0.25, -0.2) is 10.8 Å². The molecule has 0 aliphatic carbocycles. The number of aliphatic imine (C=N–C) groups is 1. The zero-order valence-electron chi connectivity index (χ0n) is 6.86. The van der Waals surface area contributed by atoms with Crippen LogP contribution in [0.1, 0.15) is 0 Å². The van der Waals surface area contributed by atoms with Crippen LogP contribution in [0.2, 0.25) is 0 Å². The Kier molecular flexibility index (Phi) is 1.62. The topological polar surface area (TPSA) is 41.6 Å².